The van der Waals surface area contributed by atoms with Gasteiger partial charge in [-0.2, -0.15) is 0 Å². The van der Waals surface area contributed by atoms with Gasteiger partial charge in [0.15, 0.2) is 0 Å². The molecule has 0 aromatic heterocycles. The van der Waals surface area contributed by atoms with E-state index in [2.05, 4.69) is 0 Å². The predicted octanol–water partition coefficient (Wildman–Crippen LogP) is 1.78. The molecular weight excluding hydrogens is 254 g/mol. The van der Waals surface area contributed by atoms with Gasteiger partial charge in [-0.05, 0) is 19.1 Å². The number of alkyl halides is 1. The van der Waals surface area contributed by atoms with Gasteiger partial charge in [0.2, 0.25) is 0 Å². The van der Waals surface area contributed by atoms with E-state index < -0.39 is 11.7 Å². The Kier molecular flexibility index (Phi) is 3.99. The van der Waals surface area contributed by atoms with Crippen molar-refractivity contribution >= 4 is 29.0 Å². The summed E-state index contributed by atoms with van der Waals surface area (Å²) in [6.07, 6.45) is 0. The van der Waals surface area contributed by atoms with Crippen molar-refractivity contribution in [3.8, 4) is 0 Å². The minimum absolute atomic E-state index is 0.373. The van der Waals surface area contributed by atoms with Gasteiger partial charge in [0, 0.05) is 12.4 Å². The van der Waals surface area contributed by atoms with E-state index in [1.54, 1.807) is 12.1 Å². The van der Waals surface area contributed by atoms with Gasteiger partial charge >= 0.3 is 0 Å². The topological polar surface area (TPSA) is 46.6 Å². The molecule has 0 aliphatic carbocycles. The van der Waals surface area contributed by atoms with Gasteiger partial charge in [-0.15, -0.1) is 11.6 Å². The summed E-state index contributed by atoms with van der Waals surface area (Å²) in [6, 6.07) is 5.43. The summed E-state index contributed by atoms with van der Waals surface area (Å²) in [7, 11) is 0. The van der Waals surface area contributed by atoms with Crippen LogP contribution in [0.1, 0.15) is 15.9 Å². The van der Waals surface area contributed by atoms with Crippen LogP contribution in [0, 0.1) is 6.92 Å². The lowest BCUT2D eigenvalue weighted by molar-refractivity contribution is -0.114. The van der Waals surface area contributed by atoms with E-state index in [0.717, 1.165) is 5.56 Å². The number of carbonyl (C=O) groups excluding carboxylic acids is 2. The molecule has 0 radical (unpaired) electrons. The fraction of sp³-hybridized carbons (Fsp3) is 0.385. The molecule has 96 valence electrons. The van der Waals surface area contributed by atoms with Gasteiger partial charge in [-0.1, -0.05) is 11.6 Å². The molecule has 2 rings (SSSR count). The molecule has 5 heteroatoms. The molecule has 0 atom stereocenters. The molecule has 4 nitrogen and oxygen atoms in total. The minimum atomic E-state index is -0.481. The highest BCUT2D eigenvalue weighted by molar-refractivity contribution is 6.52. The Labute approximate surface area is 110 Å². The van der Waals surface area contributed by atoms with Crippen LogP contribution in [0.3, 0.4) is 0 Å². The average Bonchev–Trinajstić information content (AvgIpc) is 2.59. The van der Waals surface area contributed by atoms with Crippen LogP contribution in [0.5, 0.6) is 0 Å². The van der Waals surface area contributed by atoms with Crippen molar-refractivity contribution in [1.29, 1.82) is 0 Å². The molecule has 1 aliphatic rings. The number of ketones is 1. The van der Waals surface area contributed by atoms with Crippen molar-refractivity contribution in [2.45, 2.75) is 6.92 Å². The number of Topliss-reactive ketones (excluding diaryl/α,β-unsaturated/α-hetero) is 1. The zero-order valence-corrected chi connectivity index (χ0v) is 10.9. The number of hydrogen-bond donors (Lipinski definition) is 0. The maximum absolute atomic E-state index is 11.8. The van der Waals surface area contributed by atoms with Crippen LogP contribution in [-0.2, 0) is 9.53 Å². The van der Waals surface area contributed by atoms with Crippen molar-refractivity contribution in [2.24, 2.45) is 0 Å². The first-order valence-corrected chi connectivity index (χ1v) is 6.29. The van der Waals surface area contributed by atoms with E-state index in [-0.39, 0.29) is 0 Å². The maximum Gasteiger partial charge on any atom is 0.299 e. The number of amides is 1. The number of hydrogen-bond acceptors (Lipinski definition) is 3. The Balaban J connectivity index is 2.13. The predicted molar refractivity (Wildman–Crippen MR) is 69.4 cm³/mol. The van der Waals surface area contributed by atoms with Crippen molar-refractivity contribution in [3.05, 3.63) is 29.3 Å². The van der Waals surface area contributed by atoms with E-state index in [1.165, 1.54) is 4.90 Å². The molecule has 1 aromatic rings. The quantitative estimate of drug-likeness (QED) is 0.464. The zero-order chi connectivity index (χ0) is 13.1. The van der Waals surface area contributed by atoms with Crippen molar-refractivity contribution < 1.29 is 14.3 Å². The Morgan fingerprint density at radius 1 is 1.28 bits per heavy atom. The third-order valence-electron chi connectivity index (χ3n) is 2.81. The fourth-order valence-electron chi connectivity index (χ4n) is 1.95. The molecule has 1 heterocycles. The molecule has 0 spiro atoms. The zero-order valence-electron chi connectivity index (χ0n) is 10.1. The number of carbonyl (C=O) groups is 2. The molecule has 0 fully saturated rings. The van der Waals surface area contributed by atoms with Gasteiger partial charge in [0.25, 0.3) is 11.7 Å². The summed E-state index contributed by atoms with van der Waals surface area (Å²) in [5, 5.41) is 0. The van der Waals surface area contributed by atoms with Crippen LogP contribution < -0.4 is 4.90 Å². The molecule has 1 aliphatic heterocycles. The number of rotatable bonds is 5. The first-order chi connectivity index (χ1) is 8.65. The Hall–Kier alpha value is -1.39. The number of anilines is 1. The van der Waals surface area contributed by atoms with E-state index in [9.17, 15) is 9.59 Å². The second kappa shape index (κ2) is 5.50. The van der Waals surface area contributed by atoms with Gasteiger partial charge < -0.3 is 9.64 Å². The van der Waals surface area contributed by atoms with Gasteiger partial charge in [-0.3, -0.25) is 9.59 Å². The maximum atomic E-state index is 11.8. The average molecular weight is 268 g/mol. The molecule has 1 aromatic carbocycles. The van der Waals surface area contributed by atoms with Crippen LogP contribution in [-0.4, -0.2) is 37.3 Å². The molecular formula is C13H14ClNO3. The summed E-state index contributed by atoms with van der Waals surface area (Å²) < 4.78 is 5.23. The van der Waals surface area contributed by atoms with Crippen molar-refractivity contribution in [3.63, 3.8) is 0 Å². The summed E-state index contributed by atoms with van der Waals surface area (Å²) in [5.74, 6) is -0.501. The molecule has 0 saturated heterocycles. The third-order valence-corrected chi connectivity index (χ3v) is 2.96. The van der Waals surface area contributed by atoms with Gasteiger partial charge in [0.1, 0.15) is 0 Å². The first-order valence-electron chi connectivity index (χ1n) is 5.75. The second-order valence-corrected chi connectivity index (χ2v) is 4.49. The first kappa shape index (κ1) is 13.1. The largest absolute Gasteiger partial charge is 0.378 e. The van der Waals surface area contributed by atoms with Crippen LogP contribution in [0.15, 0.2) is 18.2 Å². The second-order valence-electron chi connectivity index (χ2n) is 4.11. The molecule has 1 amide bonds. The summed E-state index contributed by atoms with van der Waals surface area (Å²) in [6.45, 7) is 3.08. The summed E-state index contributed by atoms with van der Waals surface area (Å²) in [5.41, 5.74) is 2.12. The highest BCUT2D eigenvalue weighted by Crippen LogP contribution is 2.29. The van der Waals surface area contributed by atoms with Crippen LogP contribution in [0.25, 0.3) is 0 Å². The number of halogens is 1. The van der Waals surface area contributed by atoms with E-state index in [4.69, 9.17) is 16.3 Å². The lowest BCUT2D eigenvalue weighted by Crippen LogP contribution is -2.33. The SMILES string of the molecule is Cc1ccc2c(c1)C(=O)C(=O)N2CCOCCCl. The third kappa shape index (κ3) is 2.40. The van der Waals surface area contributed by atoms with Gasteiger partial charge in [0.05, 0.1) is 24.5 Å². The normalized spacial score (nSPS) is 14.2. The fourth-order valence-corrected chi connectivity index (χ4v) is 2.06. The standard InChI is InChI=1S/C13H14ClNO3/c1-9-2-3-11-10(8-9)12(16)13(17)15(11)5-7-18-6-4-14/h2-3,8H,4-7H2,1H3. The number of benzene rings is 1. The number of ether oxygens (including phenoxy) is 1. The summed E-state index contributed by atoms with van der Waals surface area (Å²) in [4.78, 5) is 25.1. The summed E-state index contributed by atoms with van der Waals surface area (Å²) >= 11 is 5.49. The Bertz CT molecular complexity index is 487. The van der Waals surface area contributed by atoms with Crippen molar-refractivity contribution in [2.75, 3.05) is 30.5 Å². The Morgan fingerprint density at radius 2 is 2.06 bits per heavy atom. The smallest absolute Gasteiger partial charge is 0.299 e. The van der Waals surface area contributed by atoms with E-state index >= 15 is 0 Å². The minimum Gasteiger partial charge on any atom is -0.378 e. The lowest BCUT2D eigenvalue weighted by atomic mass is 10.1. The number of nitrogens with zero attached hydrogens (tertiary/aromatic N) is 1. The molecule has 0 bridgehead atoms. The van der Waals surface area contributed by atoms with Crippen molar-refractivity contribution in [1.82, 2.24) is 0 Å². The molecule has 18 heavy (non-hydrogen) atoms. The highest BCUT2D eigenvalue weighted by Gasteiger charge is 2.35. The van der Waals surface area contributed by atoms with E-state index in [1.807, 2.05) is 13.0 Å². The van der Waals surface area contributed by atoms with Gasteiger partial charge in [-0.25, -0.2) is 0 Å². The number of fused-ring (bicyclic) bond motifs is 1. The highest BCUT2D eigenvalue weighted by atomic mass is 35.5. The Morgan fingerprint density at radius 3 is 2.78 bits per heavy atom. The van der Waals surface area contributed by atoms with Crippen LogP contribution >= 0.6 is 11.6 Å². The lowest BCUT2D eigenvalue weighted by Gasteiger charge is -2.16. The molecule has 0 N–H and O–H groups in total. The van der Waals surface area contributed by atoms with Crippen LogP contribution in [0.2, 0.25) is 0 Å². The number of aryl methyl sites for hydroxylation is 1. The van der Waals surface area contributed by atoms with Crippen LogP contribution in [0.4, 0.5) is 5.69 Å². The van der Waals surface area contributed by atoms with E-state index in [0.29, 0.717) is 36.9 Å². The monoisotopic (exact) mass is 267 g/mol. The molecule has 0 saturated carbocycles. The molecule has 0 unspecified atom stereocenters.